The second-order valence-electron chi connectivity index (χ2n) is 6.64. The van der Waals surface area contributed by atoms with E-state index in [0.29, 0.717) is 19.5 Å². The van der Waals surface area contributed by atoms with E-state index in [-0.39, 0.29) is 17.8 Å². The summed E-state index contributed by atoms with van der Waals surface area (Å²) in [6.07, 6.45) is 0.636. The Bertz CT molecular complexity index is 815. The van der Waals surface area contributed by atoms with Crippen LogP contribution in [0.2, 0.25) is 0 Å². The lowest BCUT2D eigenvalue weighted by molar-refractivity contribution is -0.144. The molecule has 7 heteroatoms. The maximum Gasteiger partial charge on any atom is 0.328 e. The van der Waals surface area contributed by atoms with Gasteiger partial charge in [0.15, 0.2) is 0 Å². The van der Waals surface area contributed by atoms with Crippen molar-refractivity contribution in [2.75, 3.05) is 13.7 Å². The Morgan fingerprint density at radius 2 is 2.12 bits per heavy atom. The van der Waals surface area contributed by atoms with E-state index in [9.17, 15) is 14.0 Å². The molecule has 2 amide bonds. The highest BCUT2D eigenvalue weighted by Gasteiger charge is 2.29. The minimum Gasteiger partial charge on any atom is -0.467 e. The summed E-state index contributed by atoms with van der Waals surface area (Å²) >= 11 is 0. The molecule has 0 fully saturated rings. The third-order valence-electron chi connectivity index (χ3n) is 4.63. The highest BCUT2D eigenvalue weighted by molar-refractivity contribution is 5.86. The first-order valence-corrected chi connectivity index (χ1v) is 8.33. The Kier molecular flexibility index (Phi) is 4.65. The van der Waals surface area contributed by atoms with E-state index in [1.54, 1.807) is 11.0 Å². The van der Waals surface area contributed by atoms with Crippen LogP contribution in [0.1, 0.15) is 25.1 Å². The normalized spacial score (nSPS) is 15.2. The summed E-state index contributed by atoms with van der Waals surface area (Å²) in [6, 6.07) is 3.65. The molecule has 1 aliphatic rings. The lowest BCUT2D eigenvalue weighted by atomic mass is 10.0. The topological polar surface area (TPSA) is 74.4 Å². The molecule has 0 bridgehead atoms. The summed E-state index contributed by atoms with van der Waals surface area (Å²) in [5.74, 6) is -0.803. The molecular formula is C18H22FN3O3. The van der Waals surface area contributed by atoms with Gasteiger partial charge in [0.05, 0.1) is 13.7 Å². The molecule has 0 unspecified atom stereocenters. The second-order valence-corrected chi connectivity index (χ2v) is 6.64. The zero-order valence-electron chi connectivity index (χ0n) is 14.6. The minimum absolute atomic E-state index is 0.0761. The molecule has 134 valence electrons. The van der Waals surface area contributed by atoms with Crippen LogP contribution in [0.3, 0.4) is 0 Å². The van der Waals surface area contributed by atoms with Crippen molar-refractivity contribution in [1.82, 2.24) is 15.2 Å². The van der Waals surface area contributed by atoms with Crippen molar-refractivity contribution < 1.29 is 18.7 Å². The number of carbonyl (C=O) groups excluding carboxylic acids is 2. The molecule has 2 heterocycles. The van der Waals surface area contributed by atoms with Crippen molar-refractivity contribution in [3.05, 3.63) is 35.3 Å². The van der Waals surface area contributed by atoms with Gasteiger partial charge in [-0.15, -0.1) is 0 Å². The molecule has 1 atom stereocenters. The molecule has 0 radical (unpaired) electrons. The fourth-order valence-electron chi connectivity index (χ4n) is 3.24. The number of fused-ring (bicyclic) bond motifs is 3. The number of aromatic nitrogens is 1. The fraction of sp³-hybridized carbons (Fsp3) is 0.444. The van der Waals surface area contributed by atoms with E-state index in [1.807, 2.05) is 13.8 Å². The zero-order chi connectivity index (χ0) is 18.1. The number of hydrogen-bond donors (Lipinski definition) is 2. The van der Waals surface area contributed by atoms with Gasteiger partial charge in [-0.3, -0.25) is 0 Å². The van der Waals surface area contributed by atoms with Crippen LogP contribution < -0.4 is 5.32 Å². The lowest BCUT2D eigenvalue weighted by Crippen LogP contribution is -2.51. The molecule has 0 saturated heterocycles. The molecule has 0 spiro atoms. The van der Waals surface area contributed by atoms with Crippen molar-refractivity contribution >= 4 is 22.9 Å². The van der Waals surface area contributed by atoms with Crippen LogP contribution in [-0.4, -0.2) is 41.6 Å². The summed E-state index contributed by atoms with van der Waals surface area (Å²) in [4.78, 5) is 29.3. The van der Waals surface area contributed by atoms with Crippen molar-refractivity contribution in [1.29, 1.82) is 0 Å². The van der Waals surface area contributed by atoms with Crippen LogP contribution in [0, 0.1) is 11.7 Å². The van der Waals surface area contributed by atoms with Gasteiger partial charge in [0, 0.05) is 23.1 Å². The highest BCUT2D eigenvalue weighted by atomic mass is 19.1. The number of esters is 1. The van der Waals surface area contributed by atoms with Gasteiger partial charge in [0.25, 0.3) is 0 Å². The van der Waals surface area contributed by atoms with Gasteiger partial charge in [0.1, 0.15) is 11.9 Å². The summed E-state index contributed by atoms with van der Waals surface area (Å²) in [6.45, 7) is 4.60. The Hall–Kier alpha value is -2.57. The zero-order valence-corrected chi connectivity index (χ0v) is 14.6. The van der Waals surface area contributed by atoms with Gasteiger partial charge in [-0.1, -0.05) is 13.8 Å². The number of benzene rings is 1. The van der Waals surface area contributed by atoms with E-state index in [0.717, 1.165) is 22.2 Å². The van der Waals surface area contributed by atoms with Crippen molar-refractivity contribution in [3.8, 4) is 0 Å². The summed E-state index contributed by atoms with van der Waals surface area (Å²) in [5.41, 5.74) is 2.82. The fourth-order valence-corrected chi connectivity index (χ4v) is 3.24. The number of hydrogen-bond acceptors (Lipinski definition) is 3. The van der Waals surface area contributed by atoms with Crippen LogP contribution in [0.5, 0.6) is 0 Å². The summed E-state index contributed by atoms with van der Waals surface area (Å²) < 4.78 is 18.2. The van der Waals surface area contributed by atoms with Crippen molar-refractivity contribution in [2.24, 2.45) is 5.92 Å². The van der Waals surface area contributed by atoms with E-state index in [1.165, 1.54) is 19.2 Å². The lowest BCUT2D eigenvalue weighted by Gasteiger charge is -2.29. The highest BCUT2D eigenvalue weighted by Crippen LogP contribution is 2.28. The molecule has 1 aromatic carbocycles. The molecule has 2 N–H and O–H groups in total. The van der Waals surface area contributed by atoms with Gasteiger partial charge in [-0.25, -0.2) is 14.0 Å². The second kappa shape index (κ2) is 6.74. The average molecular weight is 347 g/mol. The molecule has 0 saturated carbocycles. The SMILES string of the molecule is COC(=O)[C@@H](NC(=O)N1CCc2c([nH]c3ccc(F)cc23)C1)C(C)C. The van der Waals surface area contributed by atoms with Crippen LogP contribution in [0.4, 0.5) is 9.18 Å². The molecule has 0 aliphatic carbocycles. The number of halogens is 1. The van der Waals surface area contributed by atoms with Gasteiger partial charge >= 0.3 is 12.0 Å². The summed E-state index contributed by atoms with van der Waals surface area (Å²) in [5, 5.41) is 3.61. The third kappa shape index (κ3) is 3.31. The van der Waals surface area contributed by atoms with Crippen molar-refractivity contribution in [2.45, 2.75) is 32.9 Å². The molecule has 2 aromatic rings. The minimum atomic E-state index is -0.685. The number of methoxy groups -OCH3 is 1. The number of urea groups is 1. The van der Waals surface area contributed by atoms with Crippen LogP contribution in [-0.2, 0) is 22.5 Å². The maximum absolute atomic E-state index is 13.5. The predicted octanol–water partition coefficient (Wildman–Crippen LogP) is 2.57. The van der Waals surface area contributed by atoms with E-state index in [4.69, 9.17) is 4.74 Å². The molecule has 6 nitrogen and oxygen atoms in total. The smallest absolute Gasteiger partial charge is 0.328 e. The molecular weight excluding hydrogens is 325 g/mol. The first-order chi connectivity index (χ1) is 11.9. The number of rotatable bonds is 3. The number of carbonyl (C=O) groups is 2. The Morgan fingerprint density at radius 3 is 2.80 bits per heavy atom. The van der Waals surface area contributed by atoms with Crippen molar-refractivity contribution in [3.63, 3.8) is 0 Å². The average Bonchev–Trinajstić information content (AvgIpc) is 2.95. The first kappa shape index (κ1) is 17.3. The van der Waals surface area contributed by atoms with E-state index >= 15 is 0 Å². The monoisotopic (exact) mass is 347 g/mol. The Labute approximate surface area is 145 Å². The van der Waals surface area contributed by atoms with Gasteiger partial charge in [-0.2, -0.15) is 0 Å². The number of aromatic amines is 1. The standard InChI is InChI=1S/C18H22FN3O3/c1-10(2)16(17(23)25-3)21-18(24)22-7-6-12-13-8-11(19)4-5-14(13)20-15(12)9-22/h4-5,8,10,16,20H,6-7,9H2,1-3H3,(H,21,24)/t16-/m0/s1. The molecule has 3 rings (SSSR count). The molecule has 1 aliphatic heterocycles. The molecule has 1 aromatic heterocycles. The summed E-state index contributed by atoms with van der Waals surface area (Å²) in [7, 11) is 1.31. The number of nitrogens with one attached hydrogen (secondary N) is 2. The number of nitrogens with zero attached hydrogens (tertiary/aromatic N) is 1. The number of ether oxygens (including phenoxy) is 1. The maximum atomic E-state index is 13.5. The van der Waals surface area contributed by atoms with E-state index in [2.05, 4.69) is 10.3 Å². The predicted molar refractivity (Wildman–Crippen MR) is 91.5 cm³/mol. The van der Waals surface area contributed by atoms with Gasteiger partial charge in [0.2, 0.25) is 0 Å². The first-order valence-electron chi connectivity index (χ1n) is 8.33. The third-order valence-corrected chi connectivity index (χ3v) is 4.63. The van der Waals surface area contributed by atoms with E-state index < -0.39 is 12.0 Å². The number of H-pyrrole nitrogens is 1. The van der Waals surface area contributed by atoms with Gasteiger partial charge in [-0.05, 0) is 36.1 Å². The quantitative estimate of drug-likeness (QED) is 0.838. The largest absolute Gasteiger partial charge is 0.467 e. The Morgan fingerprint density at radius 1 is 1.36 bits per heavy atom. The number of amides is 2. The van der Waals surface area contributed by atoms with Crippen LogP contribution >= 0.6 is 0 Å². The van der Waals surface area contributed by atoms with Gasteiger partial charge < -0.3 is 19.9 Å². The van der Waals surface area contributed by atoms with Crippen LogP contribution in [0.15, 0.2) is 18.2 Å². The Balaban J connectivity index is 1.77. The molecule has 25 heavy (non-hydrogen) atoms. The van der Waals surface area contributed by atoms with Crippen LogP contribution in [0.25, 0.3) is 10.9 Å².